The van der Waals surface area contributed by atoms with Gasteiger partial charge in [0.1, 0.15) is 0 Å². The number of hydrogen-bond donors (Lipinski definition) is 3. The van der Waals surface area contributed by atoms with Crippen molar-refractivity contribution in [3.05, 3.63) is 222 Å². The molecule has 4 heterocycles. The molecule has 13 nitrogen and oxygen atoms in total. The standard InChI is InChI=1S/C27H29N3O2S.C23H21NO5S2.C11H16N2/c31-33(32,24-11-5-2-6-12-24)26-20-28-27-23(10-7-13-25(26)27)14-15-29-16-18-30(19-17-29)21-22-8-3-1-4-9-22;1-17-10-12-20(13-11-17)31(27,28)29-15-14-18-6-5-9-21-22(16-24-23(18)21)30(25,26)19-7-3-2-4-8-19;1-2-4-11(5-3-1)10-13-8-6-12-7-9-13/h1-13,20,28H,14-19,21H2;2-13,16,24H,14-15H2,1H3;1-5,12H,6-10H2. The normalized spacial score (nSPS) is 14.9. The zero-order valence-electron chi connectivity index (χ0n) is 43.3. The molecule has 2 aromatic heterocycles. The number of aryl methyl sites for hydroxylation is 1. The highest BCUT2D eigenvalue weighted by atomic mass is 32.2. The topological polar surface area (TPSA) is 165 Å². The highest BCUT2D eigenvalue weighted by Gasteiger charge is 2.25. The lowest BCUT2D eigenvalue weighted by atomic mass is 10.1. The van der Waals surface area contributed by atoms with Crippen LogP contribution in [0, 0.1) is 6.92 Å². The lowest BCUT2D eigenvalue weighted by Gasteiger charge is -2.34. The lowest BCUT2D eigenvalue weighted by molar-refractivity contribution is 0.128. The summed E-state index contributed by atoms with van der Waals surface area (Å²) < 4.78 is 82.3. The number of aromatic amines is 2. The second-order valence-corrected chi connectivity index (χ2v) is 24.8. The van der Waals surface area contributed by atoms with E-state index in [1.165, 1.54) is 42.5 Å². The summed E-state index contributed by atoms with van der Waals surface area (Å²) in [4.78, 5) is 15.0. The quantitative estimate of drug-likeness (QED) is 0.0790. The molecule has 3 N–H and O–H groups in total. The van der Waals surface area contributed by atoms with Crippen LogP contribution < -0.4 is 5.32 Å². The average Bonchev–Trinajstić information content (AvgIpc) is 4.14. The molecule has 16 heteroatoms. The van der Waals surface area contributed by atoms with Gasteiger partial charge in [0.05, 0.1) is 42.1 Å². The van der Waals surface area contributed by atoms with Crippen molar-refractivity contribution in [1.82, 2.24) is 30.0 Å². The number of H-pyrrole nitrogens is 2. The molecule has 0 aliphatic carbocycles. The van der Waals surface area contributed by atoms with E-state index in [-0.39, 0.29) is 21.3 Å². The summed E-state index contributed by atoms with van der Waals surface area (Å²) in [5, 5.41) is 4.68. The number of rotatable bonds is 16. The molecule has 11 rings (SSSR count). The van der Waals surface area contributed by atoms with Crippen LogP contribution in [-0.4, -0.2) is 115 Å². The first-order chi connectivity index (χ1) is 37.3. The van der Waals surface area contributed by atoms with Crippen molar-refractivity contribution in [3.63, 3.8) is 0 Å². The van der Waals surface area contributed by atoms with Gasteiger partial charge in [-0.2, -0.15) is 8.42 Å². The maximum Gasteiger partial charge on any atom is 0.296 e. The van der Waals surface area contributed by atoms with E-state index in [9.17, 15) is 25.3 Å². The first-order valence-corrected chi connectivity index (χ1v) is 30.4. The molecule has 2 aliphatic heterocycles. The molecule has 7 aromatic carbocycles. The Kier molecular flexibility index (Phi) is 18.3. The van der Waals surface area contributed by atoms with Crippen molar-refractivity contribution in [1.29, 1.82) is 0 Å². The maximum atomic E-state index is 13.2. The number of nitrogens with zero attached hydrogens (tertiary/aromatic N) is 3. The van der Waals surface area contributed by atoms with Crippen molar-refractivity contribution < 1.29 is 29.4 Å². The van der Waals surface area contributed by atoms with Gasteiger partial charge in [0.2, 0.25) is 19.7 Å². The molecule has 2 fully saturated rings. The number of aromatic nitrogens is 2. The predicted molar refractivity (Wildman–Crippen MR) is 305 cm³/mol. The Labute approximate surface area is 453 Å². The summed E-state index contributed by atoms with van der Waals surface area (Å²) in [6.45, 7) is 13.8. The van der Waals surface area contributed by atoms with Crippen LogP contribution in [0.5, 0.6) is 0 Å². The molecule has 0 spiro atoms. The molecule has 400 valence electrons. The van der Waals surface area contributed by atoms with Crippen molar-refractivity contribution in [2.24, 2.45) is 0 Å². The Hall–Kier alpha value is -6.73. The van der Waals surface area contributed by atoms with E-state index >= 15 is 0 Å². The fourth-order valence-electron chi connectivity index (χ4n) is 9.73. The second-order valence-electron chi connectivity index (χ2n) is 19.3. The van der Waals surface area contributed by atoms with E-state index in [2.05, 4.69) is 96.7 Å². The molecule has 77 heavy (non-hydrogen) atoms. The van der Waals surface area contributed by atoms with Crippen molar-refractivity contribution in [2.75, 3.05) is 65.5 Å². The van der Waals surface area contributed by atoms with Crippen LogP contribution in [-0.2, 0) is 59.9 Å². The Bertz CT molecular complexity index is 3660. The van der Waals surface area contributed by atoms with Gasteiger partial charge in [-0.15, -0.1) is 0 Å². The summed E-state index contributed by atoms with van der Waals surface area (Å²) >= 11 is 0. The fourth-order valence-corrected chi connectivity index (χ4v) is 13.5. The highest BCUT2D eigenvalue weighted by Crippen LogP contribution is 2.32. The predicted octanol–water partition coefficient (Wildman–Crippen LogP) is 9.71. The van der Waals surface area contributed by atoms with Gasteiger partial charge >= 0.3 is 0 Å². The van der Waals surface area contributed by atoms with E-state index in [1.807, 2.05) is 31.2 Å². The van der Waals surface area contributed by atoms with Crippen LogP contribution >= 0.6 is 0 Å². The van der Waals surface area contributed by atoms with Crippen molar-refractivity contribution in [2.45, 2.75) is 57.3 Å². The monoisotopic (exact) mass is 1090 g/mol. The zero-order valence-corrected chi connectivity index (χ0v) is 45.7. The van der Waals surface area contributed by atoms with E-state index in [1.54, 1.807) is 85.1 Å². The van der Waals surface area contributed by atoms with Crippen LogP contribution in [0.2, 0.25) is 0 Å². The maximum absolute atomic E-state index is 13.2. The average molecular weight is 1090 g/mol. The summed E-state index contributed by atoms with van der Waals surface area (Å²) in [7, 11) is -11.1. The molecular formula is C61H66N6O7S3. The number of hydrogen-bond acceptors (Lipinski definition) is 11. The molecule has 0 saturated carbocycles. The summed E-state index contributed by atoms with van der Waals surface area (Å²) in [5.74, 6) is 0. The molecular weight excluding hydrogens is 1020 g/mol. The molecule has 0 amide bonds. The van der Waals surface area contributed by atoms with Gasteiger partial charge in [0.25, 0.3) is 10.1 Å². The molecule has 9 aromatic rings. The first kappa shape index (κ1) is 55.0. The minimum atomic E-state index is -3.86. The van der Waals surface area contributed by atoms with E-state index < -0.39 is 29.8 Å². The largest absolute Gasteiger partial charge is 0.360 e. The Morgan fingerprint density at radius 3 is 1.35 bits per heavy atom. The molecule has 0 unspecified atom stereocenters. The number of para-hydroxylation sites is 2. The van der Waals surface area contributed by atoms with Crippen molar-refractivity contribution >= 4 is 51.6 Å². The van der Waals surface area contributed by atoms with E-state index in [0.29, 0.717) is 27.1 Å². The summed E-state index contributed by atoms with van der Waals surface area (Å²) in [5.41, 5.74) is 7.25. The number of fused-ring (bicyclic) bond motifs is 2. The number of nitrogens with one attached hydrogen (secondary N) is 3. The summed E-state index contributed by atoms with van der Waals surface area (Å²) in [6.07, 6.45) is 4.30. The van der Waals surface area contributed by atoms with Gasteiger partial charge in [0.15, 0.2) is 0 Å². The van der Waals surface area contributed by atoms with Gasteiger partial charge in [-0.25, -0.2) is 16.8 Å². The molecule has 2 saturated heterocycles. The van der Waals surface area contributed by atoms with Gasteiger partial charge in [-0.1, -0.05) is 151 Å². The number of benzene rings is 7. The van der Waals surface area contributed by atoms with Gasteiger partial charge < -0.3 is 20.2 Å². The van der Waals surface area contributed by atoms with Crippen LogP contribution in [0.3, 0.4) is 0 Å². The third-order valence-corrected chi connectivity index (χ3v) is 18.9. The molecule has 0 bridgehead atoms. The van der Waals surface area contributed by atoms with Crippen LogP contribution in [0.15, 0.2) is 219 Å². The Balaban J connectivity index is 0.000000153. The van der Waals surface area contributed by atoms with Crippen LogP contribution in [0.1, 0.15) is 27.8 Å². The van der Waals surface area contributed by atoms with Crippen LogP contribution in [0.25, 0.3) is 21.8 Å². The Morgan fingerprint density at radius 2 is 0.870 bits per heavy atom. The number of sulfone groups is 2. The fraction of sp³-hybridized carbons (Fsp3) is 0.246. The van der Waals surface area contributed by atoms with Gasteiger partial charge in [-0.05, 0) is 78.4 Å². The lowest BCUT2D eigenvalue weighted by Crippen LogP contribution is -2.46. The van der Waals surface area contributed by atoms with E-state index in [4.69, 9.17) is 4.18 Å². The molecule has 0 radical (unpaired) electrons. The minimum absolute atomic E-state index is 0.0604. The highest BCUT2D eigenvalue weighted by molar-refractivity contribution is 7.92. The third-order valence-electron chi connectivity index (χ3n) is 14.0. The molecule has 2 aliphatic rings. The smallest absolute Gasteiger partial charge is 0.296 e. The second kappa shape index (κ2) is 25.6. The van der Waals surface area contributed by atoms with Crippen LogP contribution in [0.4, 0.5) is 0 Å². The molecule has 0 atom stereocenters. The first-order valence-electron chi connectivity index (χ1n) is 26.1. The number of piperazine rings is 2. The van der Waals surface area contributed by atoms with Gasteiger partial charge in [-0.3, -0.25) is 14.0 Å². The van der Waals surface area contributed by atoms with Gasteiger partial charge in [0, 0.05) is 95.2 Å². The Morgan fingerprint density at radius 1 is 0.442 bits per heavy atom. The van der Waals surface area contributed by atoms with Crippen molar-refractivity contribution in [3.8, 4) is 0 Å². The SMILES string of the molecule is Cc1ccc(S(=O)(=O)OCCc2cccc3c(S(=O)(=O)c4ccccc4)c[nH]c23)cc1.O=S(=O)(c1ccccc1)c1c[nH]c2c(CCN3CCN(Cc4ccccc4)CC3)cccc12.c1ccc(CN2CCNCC2)cc1. The minimum Gasteiger partial charge on any atom is -0.360 e. The van der Waals surface area contributed by atoms with E-state index in [0.717, 1.165) is 92.9 Å². The zero-order chi connectivity index (χ0) is 53.7. The summed E-state index contributed by atoms with van der Waals surface area (Å²) in [6, 6.07) is 55.9. The third kappa shape index (κ3) is 14.1.